The number of hydrogen-bond donors (Lipinski definition) is 4. The van der Waals surface area contributed by atoms with E-state index in [1.807, 2.05) is 60.7 Å². The second-order valence-electron chi connectivity index (χ2n) is 6.54. The van der Waals surface area contributed by atoms with Gasteiger partial charge >= 0.3 is 0 Å². The van der Waals surface area contributed by atoms with Crippen molar-refractivity contribution in [2.75, 3.05) is 10.9 Å². The van der Waals surface area contributed by atoms with E-state index in [-0.39, 0.29) is 11.8 Å². The van der Waals surface area contributed by atoms with Crippen LogP contribution in [0.25, 0.3) is 0 Å². The molecule has 0 aliphatic rings. The van der Waals surface area contributed by atoms with Crippen LogP contribution in [0, 0.1) is 0 Å². The van der Waals surface area contributed by atoms with Crippen LogP contribution in [0.5, 0.6) is 0 Å². The van der Waals surface area contributed by atoms with Crippen molar-refractivity contribution in [3.63, 3.8) is 0 Å². The van der Waals surface area contributed by atoms with Gasteiger partial charge in [0.1, 0.15) is 0 Å². The summed E-state index contributed by atoms with van der Waals surface area (Å²) in [6.45, 7) is 0. The summed E-state index contributed by atoms with van der Waals surface area (Å²) >= 11 is 0. The molecule has 0 saturated carbocycles. The maximum atomic E-state index is 10.4. The summed E-state index contributed by atoms with van der Waals surface area (Å²) in [6.07, 6.45) is 7.02. The molecule has 6 nitrogen and oxygen atoms in total. The molecule has 0 atom stereocenters. The van der Waals surface area contributed by atoms with E-state index in [1.165, 1.54) is 0 Å². The van der Waals surface area contributed by atoms with Crippen LogP contribution in [0.15, 0.2) is 60.7 Å². The van der Waals surface area contributed by atoms with Gasteiger partial charge in [-0.1, -0.05) is 62.1 Å². The highest BCUT2D eigenvalue weighted by Crippen LogP contribution is 2.09. The Morgan fingerprint density at radius 1 is 0.571 bits per heavy atom. The fraction of sp³-hybridized carbons (Fsp3) is 0.364. The van der Waals surface area contributed by atoms with Crippen molar-refractivity contribution in [2.24, 2.45) is 11.5 Å². The predicted octanol–water partition coefficient (Wildman–Crippen LogP) is 4.20. The standard InChI is InChI=1S/C12H12N2.C10H20N2O2/c1-3-7-11(8-4-1)13-14-12-9-5-2-6-10-12;11-9(13)7-5-3-1-2-4-6-8-10(12)14/h1-10,13-14H;1-8H2,(H2,11,13)(H2,12,14). The molecule has 152 valence electrons. The Bertz CT molecular complexity index is 603. The number of carbonyl (C=O) groups excluding carboxylic acids is 2. The van der Waals surface area contributed by atoms with Gasteiger partial charge in [-0.25, -0.2) is 0 Å². The zero-order valence-electron chi connectivity index (χ0n) is 16.4. The number of nitrogens with two attached hydrogens (primary N) is 2. The molecule has 0 aromatic heterocycles. The molecule has 2 rings (SSSR count). The van der Waals surface area contributed by atoms with Crippen molar-refractivity contribution in [3.8, 4) is 0 Å². The normalized spacial score (nSPS) is 9.71. The summed E-state index contributed by atoms with van der Waals surface area (Å²) in [5, 5.41) is 0. The number of nitrogens with one attached hydrogen (secondary N) is 2. The number of hydrogen-bond acceptors (Lipinski definition) is 4. The Labute approximate surface area is 167 Å². The zero-order chi connectivity index (χ0) is 20.5. The van der Waals surface area contributed by atoms with Gasteiger partial charge in [-0.3, -0.25) is 9.59 Å². The summed E-state index contributed by atoms with van der Waals surface area (Å²) in [6, 6.07) is 20.0. The van der Waals surface area contributed by atoms with Gasteiger partial charge in [0.05, 0.1) is 11.4 Å². The maximum absolute atomic E-state index is 10.4. The Hall–Kier alpha value is -3.02. The first kappa shape index (κ1) is 23.0. The number of benzene rings is 2. The van der Waals surface area contributed by atoms with Gasteiger partial charge in [-0.05, 0) is 37.1 Å². The lowest BCUT2D eigenvalue weighted by Gasteiger charge is -2.08. The van der Waals surface area contributed by atoms with E-state index in [0.717, 1.165) is 49.9 Å². The molecule has 0 saturated heterocycles. The molecule has 2 amide bonds. The monoisotopic (exact) mass is 384 g/mol. The average molecular weight is 385 g/mol. The van der Waals surface area contributed by atoms with Crippen LogP contribution in [-0.4, -0.2) is 11.8 Å². The molecule has 0 aliphatic carbocycles. The third-order valence-electron chi connectivity index (χ3n) is 4.00. The Kier molecular flexibility index (Phi) is 12.4. The molecule has 0 aliphatic heterocycles. The second-order valence-corrected chi connectivity index (χ2v) is 6.54. The molecule has 0 heterocycles. The smallest absolute Gasteiger partial charge is 0.217 e. The van der Waals surface area contributed by atoms with Crippen LogP contribution in [0.4, 0.5) is 11.4 Å². The molecule has 6 heteroatoms. The van der Waals surface area contributed by atoms with E-state index >= 15 is 0 Å². The van der Waals surface area contributed by atoms with Crippen LogP contribution in [0.1, 0.15) is 51.4 Å². The highest BCUT2D eigenvalue weighted by Gasteiger charge is 1.96. The number of para-hydroxylation sites is 2. The lowest BCUT2D eigenvalue weighted by Crippen LogP contribution is -2.09. The van der Waals surface area contributed by atoms with Crippen LogP contribution in [0.2, 0.25) is 0 Å². The highest BCUT2D eigenvalue weighted by atomic mass is 16.1. The molecule has 0 unspecified atom stereocenters. The van der Waals surface area contributed by atoms with Gasteiger partial charge in [0.15, 0.2) is 0 Å². The number of rotatable bonds is 12. The topological polar surface area (TPSA) is 110 Å². The summed E-state index contributed by atoms with van der Waals surface area (Å²) in [5.41, 5.74) is 18.3. The van der Waals surface area contributed by atoms with Crippen molar-refractivity contribution < 1.29 is 9.59 Å². The molecular weight excluding hydrogens is 352 g/mol. The van der Waals surface area contributed by atoms with Crippen LogP contribution >= 0.6 is 0 Å². The lowest BCUT2D eigenvalue weighted by atomic mass is 10.1. The maximum Gasteiger partial charge on any atom is 0.217 e. The van der Waals surface area contributed by atoms with Crippen molar-refractivity contribution in [1.82, 2.24) is 0 Å². The largest absolute Gasteiger partial charge is 0.370 e. The van der Waals surface area contributed by atoms with Gasteiger partial charge in [0, 0.05) is 12.8 Å². The minimum Gasteiger partial charge on any atom is -0.370 e. The molecule has 2 aromatic rings. The molecule has 28 heavy (non-hydrogen) atoms. The first-order chi connectivity index (χ1) is 13.6. The average Bonchev–Trinajstić information content (AvgIpc) is 2.70. The molecule has 2 aromatic carbocycles. The van der Waals surface area contributed by atoms with E-state index in [2.05, 4.69) is 10.9 Å². The van der Waals surface area contributed by atoms with Crippen molar-refractivity contribution in [3.05, 3.63) is 60.7 Å². The van der Waals surface area contributed by atoms with Crippen LogP contribution in [-0.2, 0) is 9.59 Å². The van der Waals surface area contributed by atoms with Gasteiger partial charge in [-0.2, -0.15) is 0 Å². The SMILES string of the molecule is NC(=O)CCCCCCCCC(N)=O.c1ccc(NNc2ccccc2)cc1. The van der Waals surface area contributed by atoms with Crippen LogP contribution < -0.4 is 22.3 Å². The number of primary amides is 2. The quantitative estimate of drug-likeness (QED) is 0.324. The number of unbranched alkanes of at least 4 members (excludes halogenated alkanes) is 5. The number of anilines is 2. The van der Waals surface area contributed by atoms with Gasteiger partial charge < -0.3 is 22.3 Å². The van der Waals surface area contributed by atoms with Gasteiger partial charge in [-0.15, -0.1) is 0 Å². The van der Waals surface area contributed by atoms with Gasteiger partial charge in [0.25, 0.3) is 0 Å². The van der Waals surface area contributed by atoms with E-state index < -0.39 is 0 Å². The first-order valence-corrected chi connectivity index (χ1v) is 9.76. The number of carbonyl (C=O) groups is 2. The van der Waals surface area contributed by atoms with Crippen molar-refractivity contribution in [1.29, 1.82) is 0 Å². The Morgan fingerprint density at radius 3 is 1.21 bits per heavy atom. The molecule has 0 fully saturated rings. The van der Waals surface area contributed by atoms with Crippen molar-refractivity contribution >= 4 is 23.2 Å². The summed E-state index contributed by atoms with van der Waals surface area (Å²) in [7, 11) is 0. The zero-order valence-corrected chi connectivity index (χ0v) is 16.4. The second kappa shape index (κ2) is 15.1. The van der Waals surface area contributed by atoms with Crippen molar-refractivity contribution in [2.45, 2.75) is 51.4 Å². The van der Waals surface area contributed by atoms with Gasteiger partial charge in [0.2, 0.25) is 11.8 Å². The fourth-order valence-corrected chi connectivity index (χ4v) is 2.49. The summed E-state index contributed by atoms with van der Waals surface area (Å²) in [5.74, 6) is -0.447. The molecule has 6 N–H and O–H groups in total. The van der Waals surface area contributed by atoms with E-state index in [9.17, 15) is 9.59 Å². The summed E-state index contributed by atoms with van der Waals surface area (Å²) in [4.78, 5) is 20.8. The van der Waals surface area contributed by atoms with E-state index in [1.54, 1.807) is 0 Å². The van der Waals surface area contributed by atoms with E-state index in [4.69, 9.17) is 11.5 Å². The molecule has 0 spiro atoms. The summed E-state index contributed by atoms with van der Waals surface area (Å²) < 4.78 is 0. The third-order valence-corrected chi connectivity index (χ3v) is 4.00. The minimum atomic E-state index is -0.223. The fourth-order valence-electron chi connectivity index (χ4n) is 2.49. The highest BCUT2D eigenvalue weighted by molar-refractivity contribution is 5.73. The number of hydrazine groups is 1. The number of amides is 2. The minimum absolute atomic E-state index is 0.223. The Balaban J connectivity index is 0.000000280. The molecule has 0 radical (unpaired) electrons. The van der Waals surface area contributed by atoms with Crippen LogP contribution in [0.3, 0.4) is 0 Å². The third kappa shape index (κ3) is 13.2. The molecular formula is C22H32N4O2. The lowest BCUT2D eigenvalue weighted by molar-refractivity contribution is -0.119. The Morgan fingerprint density at radius 2 is 0.893 bits per heavy atom. The molecule has 0 bridgehead atoms. The predicted molar refractivity (Wildman–Crippen MR) is 115 cm³/mol. The van der Waals surface area contributed by atoms with E-state index in [0.29, 0.717) is 12.8 Å². The first-order valence-electron chi connectivity index (χ1n) is 9.76.